The first-order chi connectivity index (χ1) is 36.3. The molecule has 12 bridgehead atoms. The smallest absolute Gasteiger partial charge is 0.227 e. The molecule has 6 heterocycles. The van der Waals surface area contributed by atoms with Crippen molar-refractivity contribution in [1.82, 2.24) is 38.9 Å². The lowest BCUT2D eigenvalue weighted by atomic mass is 10.0. The summed E-state index contributed by atoms with van der Waals surface area (Å²) in [5.41, 5.74) is 13.2. The molecule has 0 aliphatic carbocycles. The second-order valence-corrected chi connectivity index (χ2v) is 19.1. The number of ether oxygens (including phenoxy) is 2. The number of anilines is 4. The molecule has 2 aliphatic rings. The maximum atomic E-state index is 6.09. The lowest BCUT2D eigenvalue weighted by molar-refractivity contribution is 0.148. The summed E-state index contributed by atoms with van der Waals surface area (Å²) in [7, 11) is 2.17. The molecule has 0 saturated carbocycles. The minimum atomic E-state index is 0.571. The Balaban J connectivity index is 0.000000175. The fourth-order valence-corrected chi connectivity index (χ4v) is 9.48. The molecule has 8 aromatic rings. The maximum Gasteiger partial charge on any atom is 0.227 e. The number of hydrogen-bond donors (Lipinski definition) is 2. The number of hydrogen-bond acceptors (Lipinski definition) is 10. The second kappa shape index (κ2) is 27.4. The van der Waals surface area contributed by atoms with Gasteiger partial charge in [-0.2, -0.15) is 0 Å². The fourth-order valence-electron chi connectivity index (χ4n) is 9.48. The third-order valence-electron chi connectivity index (χ3n) is 13.7. The molecule has 2 N–H and O–H groups in total. The van der Waals surface area contributed by atoms with E-state index >= 15 is 0 Å². The van der Waals surface area contributed by atoms with Crippen molar-refractivity contribution in [3.8, 4) is 22.5 Å². The molecular formula is C62H76N10O2. The summed E-state index contributed by atoms with van der Waals surface area (Å²) in [4.78, 5) is 23.3. The summed E-state index contributed by atoms with van der Waals surface area (Å²) in [6.45, 7) is 20.9. The van der Waals surface area contributed by atoms with Gasteiger partial charge in [0, 0.05) is 71.4 Å². The van der Waals surface area contributed by atoms with Crippen LogP contribution in [0.25, 0.3) is 44.3 Å². The van der Waals surface area contributed by atoms with Gasteiger partial charge in [0.1, 0.15) is 0 Å². The number of aromatic nitrogens is 6. The zero-order chi connectivity index (χ0) is 51.5. The molecule has 0 atom stereocenters. The number of aryl methyl sites for hydroxylation is 3. The average molecular weight is 993 g/mol. The fraction of sp³-hybridized carbons (Fsp3) is 0.355. The molecule has 10 rings (SSSR count). The molecule has 2 aliphatic heterocycles. The van der Waals surface area contributed by atoms with E-state index in [9.17, 15) is 0 Å². The van der Waals surface area contributed by atoms with Gasteiger partial charge in [-0.1, -0.05) is 88.4 Å². The van der Waals surface area contributed by atoms with Crippen LogP contribution in [0.4, 0.5) is 23.3 Å². The predicted molar refractivity (Wildman–Crippen MR) is 307 cm³/mol. The first-order valence-corrected chi connectivity index (χ1v) is 26.8. The highest BCUT2D eigenvalue weighted by Crippen LogP contribution is 2.29. The highest BCUT2D eigenvalue weighted by Gasteiger charge is 2.12. The monoisotopic (exact) mass is 993 g/mol. The minimum Gasteiger partial charge on any atom is -0.373 e. The number of fused-ring (bicyclic) bond motifs is 12. The topological polar surface area (TPSA) is 110 Å². The molecule has 0 radical (unpaired) electrons. The van der Waals surface area contributed by atoms with Crippen LogP contribution in [-0.4, -0.2) is 91.9 Å². The Hall–Kier alpha value is -6.96. The number of nitrogens with one attached hydrogen (secondary N) is 2. The van der Waals surface area contributed by atoms with Crippen LogP contribution in [-0.2, 0) is 42.2 Å². The van der Waals surface area contributed by atoms with Gasteiger partial charge in [0.15, 0.2) is 0 Å². The molecular weight excluding hydrogens is 917 g/mol. The molecule has 12 heteroatoms. The Morgan fingerprint density at radius 1 is 0.595 bits per heavy atom. The minimum absolute atomic E-state index is 0.571. The molecule has 386 valence electrons. The highest BCUT2D eigenvalue weighted by molar-refractivity contribution is 5.86. The summed E-state index contributed by atoms with van der Waals surface area (Å²) < 4.78 is 16.5. The third kappa shape index (κ3) is 14.8. The SMILES string of the molecule is CCCN(C)CCC.CCN(CC)CCCc1ccc2cc1COC/C=C/CCn1ccc3ccc(cc31)-c1ccnc(n1)N2.Cc1ccc2cc1COC/C=C\Cn1ccc3ccc(cc31)-c1ccnc(n1)N2. The van der Waals surface area contributed by atoms with Crippen molar-refractivity contribution in [3.05, 3.63) is 168 Å². The van der Waals surface area contributed by atoms with Crippen molar-refractivity contribution >= 4 is 45.1 Å². The first kappa shape index (κ1) is 53.3. The zero-order valence-corrected chi connectivity index (χ0v) is 44.6. The molecule has 0 spiro atoms. The Labute approximate surface area is 439 Å². The van der Waals surface area contributed by atoms with Gasteiger partial charge < -0.3 is 39.0 Å². The largest absolute Gasteiger partial charge is 0.373 e. The summed E-state index contributed by atoms with van der Waals surface area (Å²) in [5.74, 6) is 1.18. The molecule has 4 aromatic heterocycles. The van der Waals surface area contributed by atoms with Gasteiger partial charge in [0.2, 0.25) is 11.9 Å². The number of nitrogens with zero attached hydrogens (tertiary/aromatic N) is 8. The van der Waals surface area contributed by atoms with Crippen molar-refractivity contribution in [2.45, 2.75) is 93.0 Å². The molecule has 74 heavy (non-hydrogen) atoms. The zero-order valence-electron chi connectivity index (χ0n) is 44.6. The molecule has 0 unspecified atom stereocenters. The predicted octanol–water partition coefficient (Wildman–Crippen LogP) is 13.6. The molecule has 0 saturated heterocycles. The maximum absolute atomic E-state index is 6.09. The van der Waals surface area contributed by atoms with Crippen LogP contribution < -0.4 is 10.6 Å². The lowest BCUT2D eigenvalue weighted by Gasteiger charge is -2.18. The average Bonchev–Trinajstić information content (AvgIpc) is 4.03. The van der Waals surface area contributed by atoms with Crippen molar-refractivity contribution in [2.24, 2.45) is 0 Å². The van der Waals surface area contributed by atoms with E-state index in [1.807, 2.05) is 24.4 Å². The normalized spacial score (nSPS) is 14.5. The summed E-state index contributed by atoms with van der Waals surface area (Å²) >= 11 is 0. The van der Waals surface area contributed by atoms with Gasteiger partial charge in [-0.05, 0) is 172 Å². The van der Waals surface area contributed by atoms with E-state index in [0.29, 0.717) is 38.3 Å². The Kier molecular flexibility index (Phi) is 19.7. The van der Waals surface area contributed by atoms with E-state index in [-0.39, 0.29) is 0 Å². The van der Waals surface area contributed by atoms with Crippen LogP contribution in [0.3, 0.4) is 0 Å². The van der Waals surface area contributed by atoms with E-state index in [0.717, 1.165) is 91.4 Å². The highest BCUT2D eigenvalue weighted by atomic mass is 16.5. The Morgan fingerprint density at radius 3 is 1.81 bits per heavy atom. The van der Waals surface area contributed by atoms with Gasteiger partial charge in [-0.15, -0.1) is 0 Å². The quantitative estimate of drug-likeness (QED) is 0.129. The Morgan fingerprint density at radius 2 is 1.18 bits per heavy atom. The van der Waals surface area contributed by atoms with Crippen molar-refractivity contribution in [3.63, 3.8) is 0 Å². The Bertz CT molecular complexity index is 3090. The molecule has 0 amide bonds. The standard InChI is InChI=1S/C31H37N5O.C24H22N4O.C7H17N/c1-3-35(4-2)17-8-9-24-12-13-28-21-27(24)23-37-20-7-5-6-18-36-19-15-25-10-11-26(22-30(25)36)29-14-16-32-31(33-28)34-29;1-17-4-7-21-14-20(17)16-29-13-3-2-11-28-12-9-18-5-6-19(15-23(18)28)22-8-10-25-24(26-21)27-22;1-4-6-8(3)7-5-2/h5,7,10-16,19,21-22H,3-4,6,8-9,17-18,20,23H2,1-2H3,(H,32,33,34);2-10,12,14-15H,11,13,16H2,1H3,(H,25,26,27);4-7H2,1-3H3/b7-5+;3-2-;. The van der Waals surface area contributed by atoms with E-state index in [1.54, 1.807) is 6.20 Å². The first-order valence-electron chi connectivity index (χ1n) is 26.8. The van der Waals surface area contributed by atoms with Crippen molar-refractivity contribution in [1.29, 1.82) is 0 Å². The summed E-state index contributed by atoms with van der Waals surface area (Å²) in [6.07, 6.45) is 22.2. The van der Waals surface area contributed by atoms with E-state index < -0.39 is 0 Å². The van der Waals surface area contributed by atoms with Gasteiger partial charge in [0.05, 0.1) is 37.8 Å². The van der Waals surface area contributed by atoms with Gasteiger partial charge in [-0.3, -0.25) is 0 Å². The van der Waals surface area contributed by atoms with Crippen molar-refractivity contribution < 1.29 is 9.47 Å². The van der Waals surface area contributed by atoms with Crippen LogP contribution in [0.1, 0.15) is 75.6 Å². The summed E-state index contributed by atoms with van der Waals surface area (Å²) in [6, 6.07) is 34.0. The number of allylic oxidation sites excluding steroid dienone is 2. The van der Waals surface area contributed by atoms with Crippen LogP contribution in [0, 0.1) is 6.92 Å². The van der Waals surface area contributed by atoms with Gasteiger partial charge >= 0.3 is 0 Å². The third-order valence-corrected chi connectivity index (χ3v) is 13.7. The number of rotatable bonds is 10. The second-order valence-electron chi connectivity index (χ2n) is 19.1. The van der Waals surface area contributed by atoms with Gasteiger partial charge in [0.25, 0.3) is 0 Å². The number of benzene rings is 4. The van der Waals surface area contributed by atoms with Gasteiger partial charge in [-0.25, -0.2) is 19.9 Å². The van der Waals surface area contributed by atoms with E-state index in [1.165, 1.54) is 64.4 Å². The molecule has 12 nitrogen and oxygen atoms in total. The molecule has 0 fully saturated rings. The summed E-state index contributed by atoms with van der Waals surface area (Å²) in [5, 5.41) is 9.21. The van der Waals surface area contributed by atoms with Crippen LogP contribution in [0.5, 0.6) is 0 Å². The van der Waals surface area contributed by atoms with Crippen LogP contribution in [0.2, 0.25) is 0 Å². The van der Waals surface area contributed by atoms with E-state index in [2.05, 4.69) is 197 Å². The molecule has 4 aromatic carbocycles. The lowest BCUT2D eigenvalue weighted by Crippen LogP contribution is -2.24. The van der Waals surface area contributed by atoms with E-state index in [4.69, 9.17) is 19.4 Å². The van der Waals surface area contributed by atoms with Crippen LogP contribution in [0.15, 0.2) is 146 Å². The van der Waals surface area contributed by atoms with Crippen molar-refractivity contribution in [2.75, 3.05) is 63.6 Å². The van der Waals surface area contributed by atoms with Crippen LogP contribution >= 0.6 is 0 Å².